The van der Waals surface area contributed by atoms with Crippen LogP contribution < -0.4 is 0 Å². The predicted molar refractivity (Wildman–Crippen MR) is 211 cm³/mol. The van der Waals surface area contributed by atoms with Crippen molar-refractivity contribution in [2.75, 3.05) is 0 Å². The molecule has 11 rings (SSSR count). The first-order chi connectivity index (χ1) is 25.3. The van der Waals surface area contributed by atoms with Crippen molar-refractivity contribution < 1.29 is 4.42 Å². The largest absolute Gasteiger partial charge is 0.455 e. The summed E-state index contributed by atoms with van der Waals surface area (Å²) in [6.07, 6.45) is 0. The molecule has 11 aromatic rings. The third-order valence-corrected chi connectivity index (χ3v) is 10.3. The lowest BCUT2D eigenvalue weighted by Gasteiger charge is -2.15. The van der Waals surface area contributed by atoms with Crippen molar-refractivity contribution in [3.8, 4) is 34.2 Å². The zero-order valence-corrected chi connectivity index (χ0v) is 27.3. The number of furan rings is 1. The number of hydrogen-bond donors (Lipinski definition) is 0. The highest BCUT2D eigenvalue weighted by Gasteiger charge is 2.21. The lowest BCUT2D eigenvalue weighted by atomic mass is 9.91. The highest BCUT2D eigenvalue weighted by Crippen LogP contribution is 2.42. The average molecular weight is 650 g/mol. The Morgan fingerprint density at radius 2 is 0.745 bits per heavy atom. The topological polar surface area (TPSA) is 51.8 Å². The molecule has 0 amide bonds. The minimum absolute atomic E-state index is 0.569. The summed E-state index contributed by atoms with van der Waals surface area (Å²) in [5.74, 6) is 1.80. The molecule has 9 aromatic carbocycles. The van der Waals surface area contributed by atoms with Gasteiger partial charge in [-0.2, -0.15) is 0 Å². The van der Waals surface area contributed by atoms with Crippen molar-refractivity contribution in [1.82, 2.24) is 15.0 Å². The summed E-state index contributed by atoms with van der Waals surface area (Å²) >= 11 is 0. The number of nitrogens with zero attached hydrogens (tertiary/aromatic N) is 3. The highest BCUT2D eigenvalue weighted by molar-refractivity contribution is 6.28. The fraction of sp³-hybridized carbons (Fsp3) is 0. The van der Waals surface area contributed by atoms with E-state index in [0.29, 0.717) is 17.5 Å². The van der Waals surface area contributed by atoms with Gasteiger partial charge in [0.1, 0.15) is 11.2 Å². The molecule has 0 radical (unpaired) electrons. The summed E-state index contributed by atoms with van der Waals surface area (Å²) in [6.45, 7) is 0. The lowest BCUT2D eigenvalue weighted by molar-refractivity contribution is 0.669. The zero-order chi connectivity index (χ0) is 33.5. The molecule has 4 nitrogen and oxygen atoms in total. The second-order valence-corrected chi connectivity index (χ2v) is 13.1. The van der Waals surface area contributed by atoms with Crippen molar-refractivity contribution >= 4 is 75.8 Å². The number of aromatic nitrogens is 3. The van der Waals surface area contributed by atoms with Crippen LogP contribution in [0.4, 0.5) is 0 Å². The summed E-state index contributed by atoms with van der Waals surface area (Å²) in [4.78, 5) is 16.0. The molecule has 4 heteroatoms. The molecule has 0 atom stereocenters. The molecule has 0 N–H and O–H groups in total. The van der Waals surface area contributed by atoms with Gasteiger partial charge >= 0.3 is 0 Å². The summed E-state index contributed by atoms with van der Waals surface area (Å²) < 4.78 is 6.53. The molecule has 2 aromatic heterocycles. The molecule has 51 heavy (non-hydrogen) atoms. The molecule has 0 aliphatic carbocycles. The molecule has 0 bridgehead atoms. The maximum absolute atomic E-state index is 6.53. The predicted octanol–water partition coefficient (Wildman–Crippen LogP) is 12.5. The van der Waals surface area contributed by atoms with E-state index in [2.05, 4.69) is 146 Å². The standard InChI is InChI=1S/C47H27N3O/c1-2-14-30-28(12-1)26-27-29-13-9-22-38(42(29)30)45-48-46(50-47(49-45)40-24-11-21-37-34-18-7-8-25-41(34)51-44(37)40)39-23-10-20-36-33-16-4-3-15-31(33)32-17-5-6-19-35(32)43(36)39/h1-27H. The molecular formula is C47H27N3O. The van der Waals surface area contributed by atoms with Crippen LogP contribution in [0.1, 0.15) is 0 Å². The molecule has 236 valence electrons. The monoisotopic (exact) mass is 649 g/mol. The van der Waals surface area contributed by atoms with E-state index in [9.17, 15) is 0 Å². The number of fused-ring (bicyclic) bond motifs is 12. The summed E-state index contributed by atoms with van der Waals surface area (Å²) in [6, 6.07) is 57.4. The molecule has 0 aliphatic rings. The Labute approximate surface area is 292 Å². The van der Waals surface area contributed by atoms with E-state index in [4.69, 9.17) is 19.4 Å². The third kappa shape index (κ3) is 4.17. The van der Waals surface area contributed by atoms with E-state index in [1.54, 1.807) is 0 Å². The van der Waals surface area contributed by atoms with E-state index in [-0.39, 0.29) is 0 Å². The molecule has 2 heterocycles. The summed E-state index contributed by atoms with van der Waals surface area (Å²) in [5, 5.41) is 13.8. The van der Waals surface area contributed by atoms with Gasteiger partial charge < -0.3 is 4.42 Å². The minimum Gasteiger partial charge on any atom is -0.455 e. The van der Waals surface area contributed by atoms with E-state index in [1.165, 1.54) is 32.3 Å². The lowest BCUT2D eigenvalue weighted by Crippen LogP contribution is -2.01. The normalized spacial score (nSPS) is 11.9. The minimum atomic E-state index is 0.569. The van der Waals surface area contributed by atoms with E-state index >= 15 is 0 Å². The van der Waals surface area contributed by atoms with Crippen LogP contribution in [-0.4, -0.2) is 15.0 Å². The highest BCUT2D eigenvalue weighted by atomic mass is 16.3. The third-order valence-electron chi connectivity index (χ3n) is 10.3. The molecular weight excluding hydrogens is 623 g/mol. The van der Waals surface area contributed by atoms with Gasteiger partial charge in [-0.25, -0.2) is 15.0 Å². The Morgan fingerprint density at radius 1 is 0.294 bits per heavy atom. The van der Waals surface area contributed by atoms with Crippen molar-refractivity contribution in [3.05, 3.63) is 164 Å². The summed E-state index contributed by atoms with van der Waals surface area (Å²) in [5.41, 5.74) is 4.35. The van der Waals surface area contributed by atoms with Gasteiger partial charge in [0.2, 0.25) is 0 Å². The maximum Gasteiger partial charge on any atom is 0.167 e. The van der Waals surface area contributed by atoms with Gasteiger partial charge in [0.05, 0.1) is 5.56 Å². The molecule has 0 saturated heterocycles. The second-order valence-electron chi connectivity index (χ2n) is 13.1. The smallest absolute Gasteiger partial charge is 0.167 e. The van der Waals surface area contributed by atoms with Crippen LogP contribution in [0.25, 0.3) is 110 Å². The Morgan fingerprint density at radius 3 is 1.47 bits per heavy atom. The van der Waals surface area contributed by atoms with Crippen LogP contribution in [0.3, 0.4) is 0 Å². The van der Waals surface area contributed by atoms with E-state index < -0.39 is 0 Å². The van der Waals surface area contributed by atoms with Crippen LogP contribution in [0.2, 0.25) is 0 Å². The van der Waals surface area contributed by atoms with Gasteiger partial charge in [-0.15, -0.1) is 0 Å². The number of para-hydroxylation sites is 2. The van der Waals surface area contributed by atoms with Gasteiger partial charge in [0.15, 0.2) is 17.5 Å². The summed E-state index contributed by atoms with van der Waals surface area (Å²) in [7, 11) is 0. The van der Waals surface area contributed by atoms with Gasteiger partial charge in [0, 0.05) is 32.7 Å². The zero-order valence-electron chi connectivity index (χ0n) is 27.3. The van der Waals surface area contributed by atoms with Gasteiger partial charge in [-0.1, -0.05) is 152 Å². The van der Waals surface area contributed by atoms with E-state index in [1.807, 2.05) is 18.2 Å². The van der Waals surface area contributed by atoms with E-state index in [0.717, 1.165) is 60.2 Å². The van der Waals surface area contributed by atoms with Gasteiger partial charge in [0.25, 0.3) is 0 Å². The first-order valence-electron chi connectivity index (χ1n) is 17.2. The Hall–Kier alpha value is -6.91. The van der Waals surface area contributed by atoms with Crippen LogP contribution in [0.5, 0.6) is 0 Å². The molecule has 0 spiro atoms. The molecule has 0 unspecified atom stereocenters. The van der Waals surface area contributed by atoms with Gasteiger partial charge in [-0.05, 0) is 55.2 Å². The fourth-order valence-corrected chi connectivity index (χ4v) is 8.05. The van der Waals surface area contributed by atoms with Crippen molar-refractivity contribution in [1.29, 1.82) is 0 Å². The van der Waals surface area contributed by atoms with Crippen molar-refractivity contribution in [3.63, 3.8) is 0 Å². The molecule has 0 saturated carbocycles. The first-order valence-corrected chi connectivity index (χ1v) is 17.2. The molecule has 0 aliphatic heterocycles. The SMILES string of the molecule is c1ccc2c(c1)ccc1cccc(-c3nc(-c4cccc5c4oc4ccccc45)nc(-c4cccc5c6ccccc6c6ccccc6c45)n3)c12. The molecule has 0 fully saturated rings. The quantitative estimate of drug-likeness (QED) is 0.179. The second kappa shape index (κ2) is 10.8. The average Bonchev–Trinajstić information content (AvgIpc) is 3.59. The van der Waals surface area contributed by atoms with Crippen molar-refractivity contribution in [2.45, 2.75) is 0 Å². The fourth-order valence-electron chi connectivity index (χ4n) is 8.05. The van der Waals surface area contributed by atoms with Gasteiger partial charge in [-0.3, -0.25) is 0 Å². The van der Waals surface area contributed by atoms with Crippen LogP contribution in [-0.2, 0) is 0 Å². The number of hydrogen-bond acceptors (Lipinski definition) is 4. The maximum atomic E-state index is 6.53. The van der Waals surface area contributed by atoms with Crippen molar-refractivity contribution in [2.24, 2.45) is 0 Å². The first kappa shape index (κ1) is 28.0. The van der Waals surface area contributed by atoms with Crippen LogP contribution in [0, 0.1) is 0 Å². The Bertz CT molecular complexity index is 3170. The number of rotatable bonds is 3. The number of benzene rings is 9. The Balaban J connectivity index is 1.28. The Kier molecular flexibility index (Phi) is 5.92. The van der Waals surface area contributed by atoms with Crippen LogP contribution in [0.15, 0.2) is 168 Å². The van der Waals surface area contributed by atoms with Crippen LogP contribution >= 0.6 is 0 Å².